The van der Waals surface area contributed by atoms with Crippen molar-refractivity contribution < 1.29 is 0 Å². The maximum absolute atomic E-state index is 4.89. The van der Waals surface area contributed by atoms with Gasteiger partial charge in [-0.15, -0.1) is 0 Å². The summed E-state index contributed by atoms with van der Waals surface area (Å²) in [4.78, 5) is 4.89. The van der Waals surface area contributed by atoms with Crippen LogP contribution in [0.15, 0.2) is 4.99 Å². The van der Waals surface area contributed by atoms with Crippen LogP contribution in [-0.2, 0) is 0 Å². The highest BCUT2D eigenvalue weighted by molar-refractivity contribution is 8.14. The van der Waals surface area contributed by atoms with Gasteiger partial charge in [0.15, 0.2) is 5.17 Å². The van der Waals surface area contributed by atoms with E-state index >= 15 is 0 Å². The van der Waals surface area contributed by atoms with Gasteiger partial charge in [0.25, 0.3) is 0 Å². The maximum Gasteiger partial charge on any atom is 0.157 e. The summed E-state index contributed by atoms with van der Waals surface area (Å²) < 4.78 is 0.484. The first-order valence-electron chi connectivity index (χ1n) is 7.27. The molecule has 0 aromatic carbocycles. The van der Waals surface area contributed by atoms with Gasteiger partial charge in [-0.1, -0.05) is 37.4 Å². The fourth-order valence-electron chi connectivity index (χ4n) is 3.30. The summed E-state index contributed by atoms with van der Waals surface area (Å²) in [7, 11) is 0. The Hall–Kier alpha value is 0.170. The zero-order valence-electron chi connectivity index (χ0n) is 11.3. The number of aliphatic imine (C=N–C) groups is 1. The molecule has 0 radical (unpaired) electrons. The molecule has 0 atom stereocenters. The van der Waals surface area contributed by atoms with Gasteiger partial charge in [0, 0.05) is 16.0 Å². The van der Waals surface area contributed by atoms with E-state index in [4.69, 9.17) is 4.99 Å². The van der Waals surface area contributed by atoms with Crippen LogP contribution in [0.3, 0.4) is 0 Å². The Morgan fingerprint density at radius 2 is 1.94 bits per heavy atom. The van der Waals surface area contributed by atoms with Crippen LogP contribution in [0, 0.1) is 0 Å². The van der Waals surface area contributed by atoms with Crippen LogP contribution in [0.5, 0.6) is 0 Å². The van der Waals surface area contributed by atoms with E-state index in [0.717, 1.165) is 6.54 Å². The van der Waals surface area contributed by atoms with Crippen molar-refractivity contribution in [3.8, 4) is 0 Å². The minimum absolute atomic E-state index is 0.411. The molecular weight excluding hydrogens is 260 g/mol. The van der Waals surface area contributed by atoms with Crippen LogP contribution in [-0.4, -0.2) is 34.0 Å². The Kier molecular flexibility index (Phi) is 3.86. The van der Waals surface area contributed by atoms with Crippen molar-refractivity contribution in [1.29, 1.82) is 0 Å². The zero-order chi connectivity index (χ0) is 12.5. The second-order valence-corrected chi connectivity index (χ2v) is 8.36. The number of nitrogens with one attached hydrogen (secondary N) is 1. The molecule has 1 spiro atoms. The molecule has 3 fully saturated rings. The average Bonchev–Trinajstić information content (AvgIpc) is 2.73. The van der Waals surface area contributed by atoms with E-state index < -0.39 is 0 Å². The molecule has 102 valence electrons. The smallest absolute Gasteiger partial charge is 0.157 e. The van der Waals surface area contributed by atoms with Gasteiger partial charge in [-0.3, -0.25) is 4.99 Å². The topological polar surface area (TPSA) is 24.4 Å². The number of thioether (sulfide) groups is 2. The molecule has 3 aliphatic rings. The molecule has 0 aromatic heterocycles. The van der Waals surface area contributed by atoms with Crippen LogP contribution in [0.1, 0.15) is 51.4 Å². The third kappa shape index (κ3) is 2.55. The monoisotopic (exact) mass is 284 g/mol. The number of amidine groups is 1. The van der Waals surface area contributed by atoms with E-state index in [-0.39, 0.29) is 0 Å². The lowest BCUT2D eigenvalue weighted by Crippen LogP contribution is -2.45. The quantitative estimate of drug-likeness (QED) is 0.856. The van der Waals surface area contributed by atoms with Crippen molar-refractivity contribution in [3.63, 3.8) is 0 Å². The third-order valence-electron chi connectivity index (χ3n) is 4.88. The molecule has 1 N–H and O–H groups in total. The normalized spacial score (nSPS) is 31.3. The third-order valence-corrected chi connectivity index (χ3v) is 7.48. The summed E-state index contributed by atoms with van der Waals surface area (Å²) in [6.07, 6.45) is 13.3. The highest BCUT2D eigenvalue weighted by Gasteiger charge is 2.39. The Balaban J connectivity index is 1.58. The van der Waals surface area contributed by atoms with Crippen LogP contribution in [0.25, 0.3) is 0 Å². The SMILES string of the molecule is CSC1(CN=C2NC3(CCCCC3)CS2)CCC1. The molecule has 0 unspecified atom stereocenters. The van der Waals surface area contributed by atoms with Crippen molar-refractivity contribution in [3.05, 3.63) is 0 Å². The average molecular weight is 284 g/mol. The lowest BCUT2D eigenvalue weighted by molar-refractivity contribution is 0.303. The number of hydrogen-bond donors (Lipinski definition) is 1. The van der Waals surface area contributed by atoms with E-state index in [0.29, 0.717) is 10.3 Å². The highest BCUT2D eigenvalue weighted by Crippen LogP contribution is 2.43. The van der Waals surface area contributed by atoms with Gasteiger partial charge in [-0.05, 0) is 31.9 Å². The fourth-order valence-corrected chi connectivity index (χ4v) is 5.41. The number of hydrogen-bond acceptors (Lipinski definition) is 3. The molecular formula is C14H24N2S2. The van der Waals surface area contributed by atoms with Gasteiger partial charge >= 0.3 is 0 Å². The summed E-state index contributed by atoms with van der Waals surface area (Å²) in [5.41, 5.74) is 0.411. The van der Waals surface area contributed by atoms with Crippen LogP contribution in [0.2, 0.25) is 0 Å². The Morgan fingerprint density at radius 1 is 1.17 bits per heavy atom. The Bertz CT molecular complexity index is 325. The van der Waals surface area contributed by atoms with E-state index in [1.807, 2.05) is 23.5 Å². The predicted molar refractivity (Wildman–Crippen MR) is 83.8 cm³/mol. The van der Waals surface area contributed by atoms with E-state index in [1.54, 1.807) is 0 Å². The van der Waals surface area contributed by atoms with Gasteiger partial charge in [0.1, 0.15) is 0 Å². The molecule has 4 heteroatoms. The molecule has 0 bridgehead atoms. The number of rotatable bonds is 3. The van der Waals surface area contributed by atoms with Gasteiger partial charge in [-0.25, -0.2) is 0 Å². The van der Waals surface area contributed by atoms with Gasteiger partial charge < -0.3 is 5.32 Å². The summed E-state index contributed by atoms with van der Waals surface area (Å²) >= 11 is 3.99. The molecule has 2 aliphatic carbocycles. The molecule has 1 aliphatic heterocycles. The standard InChI is InChI=1S/C14H24N2S2/c1-17-14(8-5-9-14)10-15-12-16-13(11-18-12)6-3-2-4-7-13/h2-11H2,1H3,(H,15,16). The lowest BCUT2D eigenvalue weighted by Gasteiger charge is -2.39. The predicted octanol–water partition coefficient (Wildman–Crippen LogP) is 3.67. The maximum atomic E-state index is 4.89. The van der Waals surface area contributed by atoms with Crippen molar-refractivity contribution in [1.82, 2.24) is 5.32 Å². The van der Waals surface area contributed by atoms with Crippen molar-refractivity contribution in [2.45, 2.75) is 61.7 Å². The van der Waals surface area contributed by atoms with Gasteiger partial charge in [0.2, 0.25) is 0 Å². The fraction of sp³-hybridized carbons (Fsp3) is 0.929. The van der Waals surface area contributed by atoms with Crippen molar-refractivity contribution >= 4 is 28.7 Å². The largest absolute Gasteiger partial charge is 0.359 e. The summed E-state index contributed by atoms with van der Waals surface area (Å²) in [5.74, 6) is 1.25. The Labute approximate surface area is 119 Å². The molecule has 1 heterocycles. The first-order valence-corrected chi connectivity index (χ1v) is 9.48. The second kappa shape index (κ2) is 5.28. The molecule has 3 rings (SSSR count). The van der Waals surface area contributed by atoms with Gasteiger partial charge in [0.05, 0.1) is 6.54 Å². The van der Waals surface area contributed by atoms with Crippen molar-refractivity contribution in [2.24, 2.45) is 4.99 Å². The number of nitrogens with zero attached hydrogens (tertiary/aromatic N) is 1. The minimum Gasteiger partial charge on any atom is -0.359 e. The van der Waals surface area contributed by atoms with Gasteiger partial charge in [-0.2, -0.15) is 11.8 Å². The Morgan fingerprint density at radius 3 is 2.56 bits per heavy atom. The zero-order valence-corrected chi connectivity index (χ0v) is 13.0. The van der Waals surface area contributed by atoms with Crippen LogP contribution in [0.4, 0.5) is 0 Å². The van der Waals surface area contributed by atoms with E-state index in [1.165, 1.54) is 62.3 Å². The van der Waals surface area contributed by atoms with Crippen molar-refractivity contribution in [2.75, 3.05) is 18.6 Å². The first-order chi connectivity index (χ1) is 8.76. The van der Waals surface area contributed by atoms with Crippen LogP contribution >= 0.6 is 23.5 Å². The minimum atomic E-state index is 0.411. The lowest BCUT2D eigenvalue weighted by atomic mass is 9.83. The summed E-state index contributed by atoms with van der Waals surface area (Å²) in [5, 5.41) is 4.99. The molecule has 1 saturated heterocycles. The highest BCUT2D eigenvalue weighted by atomic mass is 32.2. The molecule has 2 saturated carbocycles. The molecule has 0 aromatic rings. The molecule has 2 nitrogen and oxygen atoms in total. The van der Waals surface area contributed by atoms with Crippen LogP contribution < -0.4 is 5.32 Å². The van der Waals surface area contributed by atoms with E-state index in [9.17, 15) is 0 Å². The van der Waals surface area contributed by atoms with E-state index in [2.05, 4.69) is 11.6 Å². The summed E-state index contributed by atoms with van der Waals surface area (Å²) in [6.45, 7) is 1.03. The molecule has 18 heavy (non-hydrogen) atoms. The summed E-state index contributed by atoms with van der Waals surface area (Å²) in [6, 6.07) is 0. The first kappa shape index (κ1) is 13.2. The second-order valence-electron chi connectivity index (χ2n) is 6.12. The molecule has 0 amide bonds.